The van der Waals surface area contributed by atoms with E-state index in [-0.39, 0.29) is 22.6 Å². The lowest BCUT2D eigenvalue weighted by atomic mass is 10.1. The molecule has 1 fully saturated rings. The highest BCUT2D eigenvalue weighted by Gasteiger charge is 2.23. The van der Waals surface area contributed by atoms with Crippen LogP contribution in [0.15, 0.2) is 27.9 Å². The van der Waals surface area contributed by atoms with Crippen LogP contribution in [-0.4, -0.2) is 65.8 Å². The summed E-state index contributed by atoms with van der Waals surface area (Å²) >= 11 is 0. The van der Waals surface area contributed by atoms with E-state index in [0.717, 1.165) is 19.1 Å². The molecule has 11 heteroatoms. The summed E-state index contributed by atoms with van der Waals surface area (Å²) in [5.41, 5.74) is -3.33. The summed E-state index contributed by atoms with van der Waals surface area (Å²) in [4.78, 5) is 21.1. The highest BCUT2D eigenvalue weighted by atomic mass is 32.2. The lowest BCUT2D eigenvalue weighted by Gasteiger charge is -2.19. The van der Waals surface area contributed by atoms with Crippen molar-refractivity contribution in [2.45, 2.75) is 63.2 Å². The van der Waals surface area contributed by atoms with Gasteiger partial charge in [-0.05, 0) is 63.8 Å². The number of fused-ring (bicyclic) bond motifs is 1. The van der Waals surface area contributed by atoms with E-state index in [9.17, 15) is 13.2 Å². The van der Waals surface area contributed by atoms with Crippen LogP contribution < -0.4 is 15.0 Å². The molecule has 1 aliphatic heterocycles. The van der Waals surface area contributed by atoms with Crippen molar-refractivity contribution in [3.05, 3.63) is 34.2 Å². The van der Waals surface area contributed by atoms with E-state index in [4.69, 9.17) is 19.8 Å². The molecule has 2 N–H and O–H groups in total. The van der Waals surface area contributed by atoms with Crippen molar-refractivity contribution >= 4 is 21.1 Å². The van der Waals surface area contributed by atoms with Gasteiger partial charge in [-0.15, -0.1) is 0 Å². The van der Waals surface area contributed by atoms with Gasteiger partial charge in [0.15, 0.2) is 5.52 Å². The van der Waals surface area contributed by atoms with Crippen molar-refractivity contribution in [3.8, 4) is 17.1 Å². The molecule has 0 radical (unpaired) electrons. The van der Waals surface area contributed by atoms with E-state index in [1.54, 1.807) is 18.9 Å². The summed E-state index contributed by atoms with van der Waals surface area (Å²) in [7, 11) is -3.17. The first kappa shape index (κ1) is 15.5. The van der Waals surface area contributed by atoms with Crippen molar-refractivity contribution in [2.75, 3.05) is 26.7 Å². The first-order valence-electron chi connectivity index (χ1n) is 16.9. The number of aromatic amines is 1. The molecule has 0 aliphatic carbocycles. The normalized spacial score (nSPS) is 23.2. The average Bonchev–Trinajstić information content (AvgIpc) is 3.55. The van der Waals surface area contributed by atoms with Gasteiger partial charge in [0.05, 0.1) is 22.8 Å². The van der Waals surface area contributed by atoms with Crippen LogP contribution in [0, 0.1) is 0 Å². The molecule has 36 heavy (non-hydrogen) atoms. The van der Waals surface area contributed by atoms with Crippen LogP contribution in [0.5, 0.6) is 5.75 Å². The first-order valence-corrected chi connectivity index (χ1v) is 12.9. The number of nitrogens with zero attached hydrogens (tertiary/aromatic N) is 4. The molecule has 10 nitrogen and oxygen atoms in total. The maximum Gasteiger partial charge on any atom is 0.277 e. The Kier molecular flexibility index (Phi) is 4.77. The molecule has 0 saturated carbocycles. The van der Waals surface area contributed by atoms with Crippen LogP contribution in [0.4, 0.5) is 0 Å². The minimum atomic E-state index is -4.79. The molecule has 1 atom stereocenters. The number of sulfonamides is 1. The van der Waals surface area contributed by atoms with Crippen molar-refractivity contribution < 1.29 is 28.2 Å². The van der Waals surface area contributed by atoms with Gasteiger partial charge in [0, 0.05) is 34.6 Å². The minimum absolute atomic E-state index is 0.00202. The predicted octanol–water partition coefficient (Wildman–Crippen LogP) is 2.83. The summed E-state index contributed by atoms with van der Waals surface area (Å²) in [6.45, 7) is -2.81. The smallest absolute Gasteiger partial charge is 0.277 e. The van der Waals surface area contributed by atoms with Gasteiger partial charge in [0.1, 0.15) is 17.1 Å². The number of aryl methyl sites for hydroxylation is 2. The van der Waals surface area contributed by atoms with Gasteiger partial charge in [0.2, 0.25) is 10.0 Å². The van der Waals surface area contributed by atoms with Gasteiger partial charge < -0.3 is 14.6 Å². The SMILES string of the molecule is [2H]C([2H])([2H])n1nc(C([2H])([2H])C([2H])([2H])C)c2nc(-c3cc(S(=O)(=O)NC([2H])([2H])C([2H])([2H])C4CCCN4C)ccc3OCCC)[nH]c(=O)c21. The molecule has 2 aromatic heterocycles. The zero-order chi connectivity index (χ0) is 35.5. The molecule has 1 unspecified atom stereocenters. The van der Waals surface area contributed by atoms with Crippen LogP contribution in [0.3, 0.4) is 0 Å². The highest BCUT2D eigenvalue weighted by molar-refractivity contribution is 7.89. The number of hydrogen-bond acceptors (Lipinski definition) is 7. The maximum atomic E-state index is 13.6. The Morgan fingerprint density at radius 2 is 2.19 bits per heavy atom. The van der Waals surface area contributed by atoms with Crippen LogP contribution in [0.2, 0.25) is 0 Å². The third-order valence-corrected chi connectivity index (χ3v) is 6.94. The van der Waals surface area contributed by atoms with Gasteiger partial charge in [-0.3, -0.25) is 9.48 Å². The molecule has 196 valence electrons. The number of rotatable bonds is 11. The second kappa shape index (κ2) is 11.1. The molecule has 4 rings (SSSR count). The summed E-state index contributed by atoms with van der Waals surface area (Å²) in [5.74, 6) is -0.409. The highest BCUT2D eigenvalue weighted by Crippen LogP contribution is 2.31. The van der Waals surface area contributed by atoms with Gasteiger partial charge >= 0.3 is 0 Å². The van der Waals surface area contributed by atoms with Crippen LogP contribution in [-0.2, 0) is 23.4 Å². The van der Waals surface area contributed by atoms with Crippen molar-refractivity contribution in [2.24, 2.45) is 6.98 Å². The van der Waals surface area contributed by atoms with Gasteiger partial charge in [0.25, 0.3) is 5.56 Å². The van der Waals surface area contributed by atoms with Crippen molar-refractivity contribution in [1.82, 2.24) is 29.4 Å². The number of likely N-dealkylation sites (tertiary alicyclic amines) is 1. The molecule has 3 aromatic rings. The molecule has 1 saturated heterocycles. The number of aromatic nitrogens is 4. The fraction of sp³-hybridized carbons (Fsp3) is 0.560. The summed E-state index contributed by atoms with van der Waals surface area (Å²) in [6.07, 6.45) is -6.77. The van der Waals surface area contributed by atoms with E-state index in [1.165, 1.54) is 6.07 Å². The third kappa shape index (κ3) is 5.47. The van der Waals surface area contributed by atoms with Crippen LogP contribution in [0.1, 0.15) is 66.6 Å². The van der Waals surface area contributed by atoms with Gasteiger partial charge in [-0.1, -0.05) is 20.2 Å². The quantitative estimate of drug-likeness (QED) is 0.393. The lowest BCUT2D eigenvalue weighted by Crippen LogP contribution is -2.31. The Balaban J connectivity index is 1.92. The van der Waals surface area contributed by atoms with Crippen LogP contribution >= 0.6 is 0 Å². The fourth-order valence-electron chi connectivity index (χ4n) is 3.89. The second-order valence-electron chi connectivity index (χ2n) is 8.27. The molecular formula is C25H36N6O4S. The van der Waals surface area contributed by atoms with E-state index in [0.29, 0.717) is 25.8 Å². The molecule has 0 bridgehead atoms. The summed E-state index contributed by atoms with van der Waals surface area (Å²) in [5, 5.41) is 3.76. The van der Waals surface area contributed by atoms with E-state index >= 15 is 0 Å². The van der Waals surface area contributed by atoms with E-state index in [2.05, 4.69) is 15.1 Å². The zero-order valence-electron chi connectivity index (χ0n) is 31.2. The molecule has 0 spiro atoms. The van der Waals surface area contributed by atoms with Crippen molar-refractivity contribution in [3.63, 3.8) is 0 Å². The largest absolute Gasteiger partial charge is 0.493 e. The van der Waals surface area contributed by atoms with Gasteiger partial charge in [-0.25, -0.2) is 18.1 Å². The molecular weight excluding hydrogens is 480 g/mol. The summed E-state index contributed by atoms with van der Waals surface area (Å²) in [6, 6.07) is 2.40. The monoisotopic (exact) mass is 527 g/mol. The fourth-order valence-corrected chi connectivity index (χ4v) is 4.72. The Labute approximate surface area is 227 Å². The number of hydrogen-bond donors (Lipinski definition) is 2. The Bertz CT molecular complexity index is 1820. The Morgan fingerprint density at radius 3 is 2.89 bits per heavy atom. The molecule has 1 aliphatic rings. The second-order valence-corrected chi connectivity index (χ2v) is 9.95. The number of ether oxygens (including phenoxy) is 1. The van der Waals surface area contributed by atoms with Crippen LogP contribution in [0.25, 0.3) is 22.4 Å². The van der Waals surface area contributed by atoms with Gasteiger partial charge in [-0.2, -0.15) is 5.10 Å². The Hall–Kier alpha value is -2.76. The molecule has 3 heterocycles. The number of benzene rings is 1. The summed E-state index contributed by atoms with van der Waals surface area (Å²) < 4.78 is 125. The first-order chi connectivity index (χ1) is 21.4. The lowest BCUT2D eigenvalue weighted by molar-refractivity contribution is 0.297. The third-order valence-electron chi connectivity index (χ3n) is 5.70. The maximum absolute atomic E-state index is 13.6. The van der Waals surface area contributed by atoms with Crippen molar-refractivity contribution in [1.29, 1.82) is 0 Å². The molecule has 1 aromatic carbocycles. The molecule has 0 amide bonds. The number of nitrogens with one attached hydrogen (secondary N) is 2. The minimum Gasteiger partial charge on any atom is -0.493 e. The van der Waals surface area contributed by atoms with E-state index < -0.39 is 81.7 Å². The zero-order valence-corrected chi connectivity index (χ0v) is 21.0. The number of H-pyrrole nitrogens is 1. The Morgan fingerprint density at radius 1 is 1.36 bits per heavy atom. The average molecular weight is 528 g/mol. The topological polar surface area (TPSA) is 122 Å². The standard InChI is InChI=1S/C25H36N6O4S/c1-5-8-20-22-23(31(4)29-20)25(32)28-24(27-22)19-16-18(10-11-21(19)35-15-6-2)36(33,34)26-13-12-17-9-7-14-30(17)3/h10-11,16-17,26H,5-9,12-15H2,1-4H3,(H,27,28,32)/i4D3,5D2,8D2,12D2,13D2. The van der Waals surface area contributed by atoms with E-state index in [1.807, 2.05) is 4.72 Å². The predicted molar refractivity (Wildman–Crippen MR) is 140 cm³/mol.